The molecule has 0 bridgehead atoms. The molecule has 0 aromatic heterocycles. The Bertz CT molecular complexity index is 616. The van der Waals surface area contributed by atoms with Gasteiger partial charge in [0, 0.05) is 38.8 Å². The molecular formula is C22H36N4O2. The normalized spacial score (nSPS) is 21.2. The third kappa shape index (κ3) is 6.38. The van der Waals surface area contributed by atoms with Gasteiger partial charge in [-0.3, -0.25) is 4.90 Å². The van der Waals surface area contributed by atoms with Crippen molar-refractivity contribution >= 4 is 5.96 Å². The molecule has 2 fully saturated rings. The van der Waals surface area contributed by atoms with E-state index in [9.17, 15) is 0 Å². The van der Waals surface area contributed by atoms with E-state index in [4.69, 9.17) is 14.5 Å². The molecule has 0 spiro atoms. The Labute approximate surface area is 169 Å². The second-order valence-corrected chi connectivity index (χ2v) is 7.75. The van der Waals surface area contributed by atoms with E-state index in [0.717, 1.165) is 36.4 Å². The summed E-state index contributed by atoms with van der Waals surface area (Å²) in [5, 5.41) is 7.04. The summed E-state index contributed by atoms with van der Waals surface area (Å²) < 4.78 is 10.7. The predicted octanol–water partition coefficient (Wildman–Crippen LogP) is 2.78. The Morgan fingerprint density at radius 1 is 1.21 bits per heavy atom. The Hall–Kier alpha value is -1.79. The van der Waals surface area contributed by atoms with E-state index in [1.807, 2.05) is 12.1 Å². The first kappa shape index (κ1) is 20.9. The molecule has 2 N–H and O–H groups in total. The number of nitrogens with one attached hydrogen (secondary N) is 2. The number of aliphatic imine (C=N–C) groups is 1. The lowest BCUT2D eigenvalue weighted by atomic mass is 10.2. The van der Waals surface area contributed by atoms with Crippen LogP contribution in [0.1, 0.15) is 44.6 Å². The Morgan fingerprint density at radius 3 is 2.86 bits per heavy atom. The molecule has 6 heteroatoms. The van der Waals surface area contributed by atoms with E-state index in [0.29, 0.717) is 25.8 Å². The second-order valence-electron chi connectivity index (χ2n) is 7.75. The molecule has 1 aromatic carbocycles. The number of benzene rings is 1. The molecule has 1 heterocycles. The van der Waals surface area contributed by atoms with Crippen LogP contribution in [-0.2, 0) is 11.3 Å². The van der Waals surface area contributed by atoms with Crippen molar-refractivity contribution in [3.63, 3.8) is 0 Å². The van der Waals surface area contributed by atoms with Crippen LogP contribution in [0.2, 0.25) is 0 Å². The monoisotopic (exact) mass is 388 g/mol. The zero-order valence-electron chi connectivity index (χ0n) is 17.5. The van der Waals surface area contributed by atoms with Crippen LogP contribution >= 0.6 is 0 Å². The Morgan fingerprint density at radius 2 is 2.07 bits per heavy atom. The fraction of sp³-hybridized carbons (Fsp3) is 0.682. The molecule has 2 aliphatic rings. The zero-order chi connectivity index (χ0) is 19.6. The minimum Gasteiger partial charge on any atom is -0.491 e. The molecule has 1 unspecified atom stereocenters. The van der Waals surface area contributed by atoms with Crippen LogP contribution in [0.15, 0.2) is 29.3 Å². The van der Waals surface area contributed by atoms with Gasteiger partial charge in [-0.2, -0.15) is 0 Å². The summed E-state index contributed by atoms with van der Waals surface area (Å²) >= 11 is 0. The molecule has 156 valence electrons. The minimum absolute atomic E-state index is 0.488. The average Bonchev–Trinajstić information content (AvgIpc) is 3.39. The van der Waals surface area contributed by atoms with Gasteiger partial charge in [0.1, 0.15) is 12.4 Å². The van der Waals surface area contributed by atoms with Gasteiger partial charge >= 0.3 is 0 Å². The van der Waals surface area contributed by atoms with Gasteiger partial charge in [0.15, 0.2) is 5.96 Å². The fourth-order valence-corrected chi connectivity index (χ4v) is 4.17. The van der Waals surface area contributed by atoms with Gasteiger partial charge in [0.25, 0.3) is 0 Å². The van der Waals surface area contributed by atoms with Gasteiger partial charge in [-0.05, 0) is 43.9 Å². The molecule has 1 saturated carbocycles. The van der Waals surface area contributed by atoms with Crippen LogP contribution in [0.25, 0.3) is 0 Å². The van der Waals surface area contributed by atoms with Crippen molar-refractivity contribution < 1.29 is 9.47 Å². The van der Waals surface area contributed by atoms with Crippen LogP contribution in [0.4, 0.5) is 0 Å². The standard InChI is InChI=1S/C22H36N4O2/c1-3-23-22(25-19-11-12-26(17-19)20-8-4-5-9-20)24-16-18-7-6-10-21(15-18)28-14-13-27-2/h6-7,10,15,19-20H,3-5,8-9,11-14,16-17H2,1-2H3,(H2,23,24,25). The minimum atomic E-state index is 0.488. The van der Waals surface area contributed by atoms with E-state index in [-0.39, 0.29) is 0 Å². The van der Waals surface area contributed by atoms with Gasteiger partial charge in [0.05, 0.1) is 13.2 Å². The molecule has 6 nitrogen and oxygen atoms in total. The molecule has 3 rings (SSSR count). The van der Waals surface area contributed by atoms with E-state index >= 15 is 0 Å². The van der Waals surface area contributed by atoms with Crippen molar-refractivity contribution in [3.05, 3.63) is 29.8 Å². The van der Waals surface area contributed by atoms with E-state index in [2.05, 4.69) is 34.6 Å². The number of guanidine groups is 1. The van der Waals surface area contributed by atoms with Crippen LogP contribution in [0, 0.1) is 0 Å². The van der Waals surface area contributed by atoms with Crippen molar-refractivity contribution in [1.82, 2.24) is 15.5 Å². The highest BCUT2D eigenvalue weighted by Crippen LogP contribution is 2.26. The van der Waals surface area contributed by atoms with Crippen LogP contribution in [0.5, 0.6) is 5.75 Å². The van der Waals surface area contributed by atoms with Crippen LogP contribution in [-0.4, -0.2) is 62.9 Å². The van der Waals surface area contributed by atoms with Gasteiger partial charge in [-0.25, -0.2) is 4.99 Å². The van der Waals surface area contributed by atoms with Gasteiger partial charge in [0.2, 0.25) is 0 Å². The number of nitrogens with zero attached hydrogens (tertiary/aromatic N) is 2. The molecule has 1 aliphatic heterocycles. The molecule has 0 radical (unpaired) electrons. The molecule has 1 aromatic rings. The number of hydrogen-bond donors (Lipinski definition) is 2. The SMILES string of the molecule is CCNC(=NCc1cccc(OCCOC)c1)NC1CCN(C2CCCC2)C1. The lowest BCUT2D eigenvalue weighted by Gasteiger charge is -2.24. The quantitative estimate of drug-likeness (QED) is 0.387. The van der Waals surface area contributed by atoms with Crippen molar-refractivity contribution in [2.24, 2.45) is 4.99 Å². The lowest BCUT2D eigenvalue weighted by molar-refractivity contribution is 0.146. The maximum Gasteiger partial charge on any atom is 0.191 e. The topological polar surface area (TPSA) is 58.1 Å². The summed E-state index contributed by atoms with van der Waals surface area (Å²) in [6, 6.07) is 9.44. The van der Waals surface area contributed by atoms with Crippen molar-refractivity contribution in [3.8, 4) is 5.75 Å². The first-order chi connectivity index (χ1) is 13.8. The highest BCUT2D eigenvalue weighted by molar-refractivity contribution is 5.80. The number of hydrogen-bond acceptors (Lipinski definition) is 4. The van der Waals surface area contributed by atoms with Gasteiger partial charge in [-0.1, -0.05) is 25.0 Å². The average molecular weight is 389 g/mol. The van der Waals surface area contributed by atoms with Crippen molar-refractivity contribution in [2.45, 2.75) is 57.7 Å². The van der Waals surface area contributed by atoms with Crippen molar-refractivity contribution in [2.75, 3.05) is 40.0 Å². The van der Waals surface area contributed by atoms with E-state index in [1.165, 1.54) is 38.6 Å². The number of likely N-dealkylation sites (tertiary alicyclic amines) is 1. The first-order valence-corrected chi connectivity index (χ1v) is 10.8. The molecule has 0 amide bonds. The number of rotatable bonds is 9. The largest absolute Gasteiger partial charge is 0.491 e. The second kappa shape index (κ2) is 11.3. The van der Waals surface area contributed by atoms with Gasteiger partial charge < -0.3 is 20.1 Å². The summed E-state index contributed by atoms with van der Waals surface area (Å²) in [6.45, 7) is 7.12. The maximum absolute atomic E-state index is 5.70. The maximum atomic E-state index is 5.70. The summed E-state index contributed by atoms with van der Waals surface area (Å²) in [7, 11) is 1.68. The molecular weight excluding hydrogens is 352 g/mol. The third-order valence-corrected chi connectivity index (χ3v) is 5.62. The van der Waals surface area contributed by atoms with Crippen LogP contribution in [0.3, 0.4) is 0 Å². The highest BCUT2D eigenvalue weighted by Gasteiger charge is 2.30. The lowest BCUT2D eigenvalue weighted by Crippen LogP contribution is -2.45. The van der Waals surface area contributed by atoms with E-state index < -0.39 is 0 Å². The molecule has 1 aliphatic carbocycles. The van der Waals surface area contributed by atoms with Gasteiger partial charge in [-0.15, -0.1) is 0 Å². The third-order valence-electron chi connectivity index (χ3n) is 5.62. The Kier molecular flexibility index (Phi) is 8.42. The summed E-state index contributed by atoms with van der Waals surface area (Å²) in [5.41, 5.74) is 1.14. The highest BCUT2D eigenvalue weighted by atomic mass is 16.5. The fourth-order valence-electron chi connectivity index (χ4n) is 4.17. The molecule has 28 heavy (non-hydrogen) atoms. The Balaban J connectivity index is 1.52. The van der Waals surface area contributed by atoms with E-state index in [1.54, 1.807) is 7.11 Å². The summed E-state index contributed by atoms with van der Waals surface area (Å²) in [6.07, 6.45) is 6.76. The molecule has 1 atom stereocenters. The summed E-state index contributed by atoms with van der Waals surface area (Å²) in [4.78, 5) is 7.48. The zero-order valence-corrected chi connectivity index (χ0v) is 17.5. The predicted molar refractivity (Wildman–Crippen MR) is 114 cm³/mol. The van der Waals surface area contributed by atoms with Crippen molar-refractivity contribution in [1.29, 1.82) is 0 Å². The number of methoxy groups -OCH3 is 1. The summed E-state index contributed by atoms with van der Waals surface area (Å²) in [5.74, 6) is 1.78. The van der Waals surface area contributed by atoms with Crippen LogP contribution < -0.4 is 15.4 Å². The number of ether oxygens (including phenoxy) is 2. The first-order valence-electron chi connectivity index (χ1n) is 10.8. The smallest absolute Gasteiger partial charge is 0.191 e. The molecule has 1 saturated heterocycles.